The highest BCUT2D eigenvalue weighted by Gasteiger charge is 2.30. The number of alkyl halides is 3. The van der Waals surface area contributed by atoms with E-state index in [9.17, 15) is 23.1 Å². The number of aliphatic hydroxyl groups is 1. The molecule has 0 aliphatic carbocycles. The molecule has 0 amide bonds. The molecule has 0 radical (unpaired) electrons. The van der Waals surface area contributed by atoms with E-state index in [4.69, 9.17) is 0 Å². The lowest BCUT2D eigenvalue weighted by Gasteiger charge is -2.10. The molecule has 0 aromatic heterocycles. The molecule has 0 spiro atoms. The average molecular weight is 248 g/mol. The molecule has 17 heavy (non-hydrogen) atoms. The lowest BCUT2D eigenvalue weighted by atomic mass is 10.1. The summed E-state index contributed by atoms with van der Waals surface area (Å²) in [5.74, 6) is -0.815. The van der Waals surface area contributed by atoms with E-state index in [1.807, 2.05) is 0 Å². The maximum Gasteiger partial charge on any atom is 0.416 e. The lowest BCUT2D eigenvalue weighted by molar-refractivity contribution is -0.150. The summed E-state index contributed by atoms with van der Waals surface area (Å²) in [6, 6.07) is 4.24. The molecule has 0 saturated heterocycles. The van der Waals surface area contributed by atoms with Crippen LogP contribution in [0.1, 0.15) is 11.1 Å². The van der Waals surface area contributed by atoms with Gasteiger partial charge in [-0.15, -0.1) is 0 Å². The van der Waals surface area contributed by atoms with E-state index in [-0.39, 0.29) is 6.42 Å². The fourth-order valence-corrected chi connectivity index (χ4v) is 1.27. The van der Waals surface area contributed by atoms with Crippen molar-refractivity contribution >= 4 is 5.97 Å². The number of aliphatic hydroxyl groups excluding tert-OH is 1. The van der Waals surface area contributed by atoms with Gasteiger partial charge in [0.15, 0.2) is 6.10 Å². The van der Waals surface area contributed by atoms with Gasteiger partial charge in [0.2, 0.25) is 0 Å². The van der Waals surface area contributed by atoms with Crippen LogP contribution in [0.15, 0.2) is 24.3 Å². The van der Waals surface area contributed by atoms with Crippen molar-refractivity contribution in [1.82, 2.24) is 0 Å². The molecule has 0 unspecified atom stereocenters. The summed E-state index contributed by atoms with van der Waals surface area (Å²) in [4.78, 5) is 10.9. The standard InChI is InChI=1S/C11H11F3O3/c1-17-10(16)9(15)6-7-2-4-8(5-3-7)11(12,13)14/h2-5,9,15H,6H2,1H3/t9-/m1/s1. The van der Waals surface area contributed by atoms with Gasteiger partial charge in [-0.3, -0.25) is 0 Å². The van der Waals surface area contributed by atoms with Crippen LogP contribution in [0, 0.1) is 0 Å². The first kappa shape index (κ1) is 13.5. The van der Waals surface area contributed by atoms with Crippen LogP contribution in [-0.4, -0.2) is 24.3 Å². The number of hydrogen-bond acceptors (Lipinski definition) is 3. The van der Waals surface area contributed by atoms with E-state index < -0.39 is 23.8 Å². The van der Waals surface area contributed by atoms with Crippen molar-refractivity contribution in [3.05, 3.63) is 35.4 Å². The molecule has 3 nitrogen and oxygen atoms in total. The van der Waals surface area contributed by atoms with Crippen LogP contribution in [0.25, 0.3) is 0 Å². The number of carbonyl (C=O) groups is 1. The third-order valence-corrected chi connectivity index (χ3v) is 2.18. The monoisotopic (exact) mass is 248 g/mol. The molecular formula is C11H11F3O3. The largest absolute Gasteiger partial charge is 0.467 e. The van der Waals surface area contributed by atoms with E-state index in [0.29, 0.717) is 5.56 Å². The van der Waals surface area contributed by atoms with Gasteiger partial charge >= 0.3 is 12.1 Å². The van der Waals surface area contributed by atoms with Crippen LogP contribution >= 0.6 is 0 Å². The summed E-state index contributed by atoms with van der Waals surface area (Å²) in [6.45, 7) is 0. The summed E-state index contributed by atoms with van der Waals surface area (Å²) >= 11 is 0. The van der Waals surface area contributed by atoms with E-state index in [2.05, 4.69) is 4.74 Å². The molecule has 1 aromatic rings. The third kappa shape index (κ3) is 3.74. The molecule has 1 atom stereocenters. The van der Waals surface area contributed by atoms with E-state index in [1.54, 1.807) is 0 Å². The first-order chi connectivity index (χ1) is 7.84. The Morgan fingerprint density at radius 1 is 1.35 bits per heavy atom. The molecule has 1 aromatic carbocycles. The Hall–Kier alpha value is -1.56. The lowest BCUT2D eigenvalue weighted by Crippen LogP contribution is -2.24. The number of esters is 1. The van der Waals surface area contributed by atoms with E-state index >= 15 is 0 Å². The van der Waals surface area contributed by atoms with Gasteiger partial charge in [-0.25, -0.2) is 4.79 Å². The van der Waals surface area contributed by atoms with Gasteiger partial charge < -0.3 is 9.84 Å². The minimum absolute atomic E-state index is 0.0786. The Morgan fingerprint density at radius 2 is 1.88 bits per heavy atom. The van der Waals surface area contributed by atoms with Crippen LogP contribution in [0.3, 0.4) is 0 Å². The molecule has 0 aliphatic heterocycles. The van der Waals surface area contributed by atoms with Gasteiger partial charge in [-0.05, 0) is 17.7 Å². The van der Waals surface area contributed by atoms with Gasteiger partial charge in [0.1, 0.15) is 0 Å². The Balaban J connectivity index is 2.72. The Labute approximate surface area is 95.8 Å². The minimum atomic E-state index is -4.39. The molecular weight excluding hydrogens is 237 g/mol. The summed E-state index contributed by atoms with van der Waals surface area (Å²) in [7, 11) is 1.12. The van der Waals surface area contributed by atoms with Crippen LogP contribution in [0.4, 0.5) is 13.2 Å². The number of rotatable bonds is 3. The van der Waals surface area contributed by atoms with Crippen molar-refractivity contribution < 1.29 is 27.8 Å². The smallest absolute Gasteiger partial charge is 0.416 e. The quantitative estimate of drug-likeness (QED) is 0.829. The van der Waals surface area contributed by atoms with Gasteiger partial charge in [0, 0.05) is 6.42 Å². The van der Waals surface area contributed by atoms with Crippen molar-refractivity contribution in [1.29, 1.82) is 0 Å². The van der Waals surface area contributed by atoms with Crippen molar-refractivity contribution in [3.63, 3.8) is 0 Å². The minimum Gasteiger partial charge on any atom is -0.467 e. The van der Waals surface area contributed by atoms with E-state index in [1.165, 1.54) is 12.1 Å². The fourth-order valence-electron chi connectivity index (χ4n) is 1.27. The number of methoxy groups -OCH3 is 1. The molecule has 0 saturated carbocycles. The predicted molar refractivity (Wildman–Crippen MR) is 53.2 cm³/mol. The molecule has 0 bridgehead atoms. The second-order valence-corrected chi connectivity index (χ2v) is 3.44. The maximum atomic E-state index is 12.2. The highest BCUT2D eigenvalue weighted by molar-refractivity contribution is 5.74. The summed E-state index contributed by atoms with van der Waals surface area (Å²) in [5.41, 5.74) is -0.343. The molecule has 6 heteroatoms. The summed E-state index contributed by atoms with van der Waals surface area (Å²) in [5, 5.41) is 9.30. The summed E-state index contributed by atoms with van der Waals surface area (Å²) < 4.78 is 41.0. The molecule has 1 N–H and O–H groups in total. The van der Waals surface area contributed by atoms with E-state index in [0.717, 1.165) is 19.2 Å². The normalized spacial score (nSPS) is 13.2. The average Bonchev–Trinajstić information content (AvgIpc) is 2.27. The maximum absolute atomic E-state index is 12.2. The number of ether oxygens (including phenoxy) is 1. The van der Waals surface area contributed by atoms with Crippen molar-refractivity contribution in [2.24, 2.45) is 0 Å². The zero-order chi connectivity index (χ0) is 13.1. The van der Waals surface area contributed by atoms with Crippen LogP contribution in [0.2, 0.25) is 0 Å². The Kier molecular flexibility index (Phi) is 4.11. The molecule has 94 valence electrons. The molecule has 1 rings (SSSR count). The molecule has 0 fully saturated rings. The summed E-state index contributed by atoms with van der Waals surface area (Å²) in [6.07, 6.45) is -5.83. The van der Waals surface area contributed by atoms with Gasteiger partial charge in [-0.1, -0.05) is 12.1 Å². The highest BCUT2D eigenvalue weighted by atomic mass is 19.4. The zero-order valence-corrected chi connectivity index (χ0v) is 8.99. The number of halogens is 3. The zero-order valence-electron chi connectivity index (χ0n) is 8.99. The van der Waals surface area contributed by atoms with Crippen LogP contribution in [-0.2, 0) is 22.1 Å². The Morgan fingerprint density at radius 3 is 2.29 bits per heavy atom. The van der Waals surface area contributed by atoms with Gasteiger partial charge in [-0.2, -0.15) is 13.2 Å². The number of benzene rings is 1. The fraction of sp³-hybridized carbons (Fsp3) is 0.364. The van der Waals surface area contributed by atoms with Crippen LogP contribution < -0.4 is 0 Å². The molecule has 0 aliphatic rings. The first-order valence-electron chi connectivity index (χ1n) is 4.76. The van der Waals surface area contributed by atoms with Crippen molar-refractivity contribution in [2.45, 2.75) is 18.7 Å². The van der Waals surface area contributed by atoms with Crippen LogP contribution in [0.5, 0.6) is 0 Å². The first-order valence-corrected chi connectivity index (χ1v) is 4.76. The second kappa shape index (κ2) is 5.18. The van der Waals surface area contributed by atoms with Gasteiger partial charge in [0.05, 0.1) is 12.7 Å². The number of carbonyl (C=O) groups excluding carboxylic acids is 1. The molecule has 0 heterocycles. The van der Waals surface area contributed by atoms with Gasteiger partial charge in [0.25, 0.3) is 0 Å². The third-order valence-electron chi connectivity index (χ3n) is 2.18. The predicted octanol–water partition coefficient (Wildman–Crippen LogP) is 1.78. The number of hydrogen-bond donors (Lipinski definition) is 1. The highest BCUT2D eigenvalue weighted by Crippen LogP contribution is 2.29. The second-order valence-electron chi connectivity index (χ2n) is 3.44. The van der Waals surface area contributed by atoms with Crippen molar-refractivity contribution in [3.8, 4) is 0 Å². The SMILES string of the molecule is COC(=O)[C@H](O)Cc1ccc(C(F)(F)F)cc1. The Bertz CT molecular complexity index is 384. The topological polar surface area (TPSA) is 46.5 Å². The van der Waals surface area contributed by atoms with Crippen molar-refractivity contribution in [2.75, 3.05) is 7.11 Å².